The number of likely N-dealkylation sites (tertiary alicyclic amines) is 1. The maximum Gasteiger partial charge on any atom is 0.338 e. The number of nitrogens with zero attached hydrogens (tertiary/aromatic N) is 2. The number of ether oxygens (including phenoxy) is 1. The number of halogens is 1. The molecule has 9 heteroatoms. The fraction of sp³-hybridized carbons (Fsp3) is 0.280. The van der Waals surface area contributed by atoms with Gasteiger partial charge in [0, 0.05) is 24.3 Å². The maximum absolute atomic E-state index is 13.0. The van der Waals surface area contributed by atoms with Crippen molar-refractivity contribution in [3.63, 3.8) is 0 Å². The zero-order valence-electron chi connectivity index (χ0n) is 18.7. The molecule has 0 aromatic heterocycles. The van der Waals surface area contributed by atoms with Gasteiger partial charge in [0.05, 0.1) is 17.9 Å². The van der Waals surface area contributed by atoms with Crippen LogP contribution in [-0.2, 0) is 14.3 Å². The number of hydrogen-bond donors (Lipinski definition) is 1. The predicted molar refractivity (Wildman–Crippen MR) is 128 cm³/mol. The van der Waals surface area contributed by atoms with Crippen LogP contribution in [0.4, 0.5) is 11.4 Å². The zero-order valence-corrected chi connectivity index (χ0v) is 19.4. The van der Waals surface area contributed by atoms with E-state index in [1.165, 1.54) is 24.3 Å². The number of anilines is 2. The molecular weight excluding hydrogens is 458 g/mol. The molecule has 8 nitrogen and oxygen atoms in total. The first kappa shape index (κ1) is 23.5. The Hall–Kier alpha value is -3.65. The van der Waals surface area contributed by atoms with E-state index in [1.807, 2.05) is 4.90 Å². The van der Waals surface area contributed by atoms with Crippen molar-refractivity contribution in [2.24, 2.45) is 0 Å². The van der Waals surface area contributed by atoms with E-state index in [0.717, 1.165) is 37.3 Å². The van der Waals surface area contributed by atoms with Crippen molar-refractivity contribution >= 4 is 46.7 Å². The molecule has 2 aromatic carbocycles. The summed E-state index contributed by atoms with van der Waals surface area (Å²) in [6.45, 7) is 3.46. The molecule has 0 saturated carbocycles. The number of carbonyl (C=O) groups is 4. The third-order valence-corrected chi connectivity index (χ3v) is 6.06. The Morgan fingerprint density at radius 1 is 0.912 bits per heavy atom. The molecule has 2 aromatic rings. The van der Waals surface area contributed by atoms with Crippen LogP contribution < -0.4 is 10.2 Å². The van der Waals surface area contributed by atoms with Crippen molar-refractivity contribution in [3.05, 3.63) is 70.4 Å². The fourth-order valence-corrected chi connectivity index (χ4v) is 4.14. The summed E-state index contributed by atoms with van der Waals surface area (Å²) in [5.74, 6) is -1.80. The minimum Gasteiger partial charge on any atom is -0.462 e. The van der Waals surface area contributed by atoms with E-state index < -0.39 is 17.8 Å². The van der Waals surface area contributed by atoms with Gasteiger partial charge >= 0.3 is 5.97 Å². The van der Waals surface area contributed by atoms with Gasteiger partial charge in [0.2, 0.25) is 0 Å². The number of hydrogen-bond acceptors (Lipinski definition) is 6. The van der Waals surface area contributed by atoms with Crippen molar-refractivity contribution in [2.75, 3.05) is 29.9 Å². The second-order valence-electron chi connectivity index (χ2n) is 7.96. The predicted octanol–water partition coefficient (Wildman–Crippen LogP) is 3.93. The lowest BCUT2D eigenvalue weighted by molar-refractivity contribution is -0.120. The molecule has 1 fully saturated rings. The second kappa shape index (κ2) is 10.1. The highest BCUT2D eigenvalue weighted by molar-refractivity contribution is 6.53. The van der Waals surface area contributed by atoms with E-state index >= 15 is 0 Å². The molecule has 0 aliphatic carbocycles. The van der Waals surface area contributed by atoms with Crippen molar-refractivity contribution in [1.29, 1.82) is 0 Å². The number of imide groups is 1. The standard InChI is InChI=1S/C25H24ClN3O5/c1-2-34-25(33)17-8-12-19(13-9-17)29-23(31)20(26)21(24(29)32)27-18-10-6-16(7-11-18)22(30)28-14-4-3-5-15-28/h6-13,27H,2-5,14-15H2,1H3. The monoisotopic (exact) mass is 481 g/mol. The van der Waals surface area contributed by atoms with Crippen LogP contribution in [0.3, 0.4) is 0 Å². The normalized spacial score (nSPS) is 16.2. The molecule has 176 valence electrons. The number of esters is 1. The first-order chi connectivity index (χ1) is 16.4. The minimum absolute atomic E-state index is 0.0203. The van der Waals surface area contributed by atoms with Gasteiger partial charge in [-0.2, -0.15) is 0 Å². The van der Waals surface area contributed by atoms with Gasteiger partial charge in [-0.1, -0.05) is 11.6 Å². The fourth-order valence-electron chi connectivity index (χ4n) is 3.93. The molecule has 0 radical (unpaired) electrons. The molecule has 2 heterocycles. The molecule has 0 atom stereocenters. The van der Waals surface area contributed by atoms with E-state index in [0.29, 0.717) is 16.8 Å². The third-order valence-electron chi connectivity index (χ3n) is 5.71. The van der Waals surface area contributed by atoms with E-state index in [-0.39, 0.29) is 28.9 Å². The van der Waals surface area contributed by atoms with Gasteiger partial charge in [-0.25, -0.2) is 9.69 Å². The van der Waals surface area contributed by atoms with Gasteiger partial charge in [0.15, 0.2) is 0 Å². The van der Waals surface area contributed by atoms with Crippen molar-refractivity contribution < 1.29 is 23.9 Å². The van der Waals surface area contributed by atoms with Crippen LogP contribution in [0.15, 0.2) is 59.3 Å². The van der Waals surface area contributed by atoms with Gasteiger partial charge in [-0.05, 0) is 74.7 Å². The van der Waals surface area contributed by atoms with Gasteiger partial charge in [0.1, 0.15) is 10.7 Å². The summed E-state index contributed by atoms with van der Waals surface area (Å²) in [6.07, 6.45) is 3.16. The molecule has 4 rings (SSSR count). The zero-order chi connectivity index (χ0) is 24.2. The molecule has 2 aliphatic heterocycles. The number of rotatable bonds is 6. The summed E-state index contributed by atoms with van der Waals surface area (Å²) in [6, 6.07) is 12.6. The molecular formula is C25H24ClN3O5. The van der Waals surface area contributed by atoms with Gasteiger partial charge in [-0.3, -0.25) is 14.4 Å². The highest BCUT2D eigenvalue weighted by Crippen LogP contribution is 2.30. The van der Waals surface area contributed by atoms with Crippen LogP contribution >= 0.6 is 11.6 Å². The molecule has 3 amide bonds. The number of piperidine rings is 1. The largest absolute Gasteiger partial charge is 0.462 e. The Balaban J connectivity index is 1.46. The number of amides is 3. The average molecular weight is 482 g/mol. The van der Waals surface area contributed by atoms with Gasteiger partial charge < -0.3 is 15.0 Å². The smallest absolute Gasteiger partial charge is 0.338 e. The molecule has 1 saturated heterocycles. The van der Waals surface area contributed by atoms with Gasteiger partial charge in [0.25, 0.3) is 17.7 Å². The van der Waals surface area contributed by atoms with Crippen molar-refractivity contribution in [1.82, 2.24) is 4.90 Å². The molecule has 0 spiro atoms. The van der Waals surface area contributed by atoms with Crippen LogP contribution in [0.5, 0.6) is 0 Å². The molecule has 0 unspecified atom stereocenters. The quantitative estimate of drug-likeness (QED) is 0.496. The van der Waals surface area contributed by atoms with E-state index in [4.69, 9.17) is 16.3 Å². The minimum atomic E-state index is -0.671. The Kier molecular flexibility index (Phi) is 6.98. The first-order valence-electron chi connectivity index (χ1n) is 11.1. The number of nitrogens with one attached hydrogen (secondary N) is 1. The van der Waals surface area contributed by atoms with Crippen LogP contribution in [-0.4, -0.2) is 48.3 Å². The molecule has 1 N–H and O–H groups in total. The third kappa shape index (κ3) is 4.68. The van der Waals surface area contributed by atoms with Crippen LogP contribution in [0.2, 0.25) is 0 Å². The summed E-state index contributed by atoms with van der Waals surface area (Å²) in [5.41, 5.74) is 1.60. The summed E-state index contributed by atoms with van der Waals surface area (Å²) in [5, 5.41) is 2.66. The first-order valence-corrected chi connectivity index (χ1v) is 11.5. The van der Waals surface area contributed by atoms with E-state index in [1.54, 1.807) is 31.2 Å². The SMILES string of the molecule is CCOC(=O)c1ccc(N2C(=O)C(Cl)=C(Nc3ccc(C(=O)N4CCCCC4)cc3)C2=O)cc1. The van der Waals surface area contributed by atoms with E-state index in [2.05, 4.69) is 5.32 Å². The average Bonchev–Trinajstić information content (AvgIpc) is 3.08. The molecule has 2 aliphatic rings. The molecule has 0 bridgehead atoms. The summed E-state index contributed by atoms with van der Waals surface area (Å²) in [7, 11) is 0. The Morgan fingerprint density at radius 2 is 1.53 bits per heavy atom. The van der Waals surface area contributed by atoms with Crippen molar-refractivity contribution in [3.8, 4) is 0 Å². The highest BCUT2D eigenvalue weighted by Gasteiger charge is 2.39. The summed E-state index contributed by atoms with van der Waals surface area (Å²) in [4.78, 5) is 52.9. The summed E-state index contributed by atoms with van der Waals surface area (Å²) < 4.78 is 4.94. The Labute approximate surface area is 202 Å². The van der Waals surface area contributed by atoms with Crippen LogP contribution in [0.25, 0.3) is 0 Å². The number of benzene rings is 2. The lowest BCUT2D eigenvalue weighted by atomic mass is 10.1. The lowest BCUT2D eigenvalue weighted by Crippen LogP contribution is -2.35. The van der Waals surface area contributed by atoms with Crippen LogP contribution in [0, 0.1) is 0 Å². The Morgan fingerprint density at radius 3 is 2.15 bits per heavy atom. The van der Waals surface area contributed by atoms with E-state index in [9.17, 15) is 19.2 Å². The highest BCUT2D eigenvalue weighted by atomic mass is 35.5. The second-order valence-corrected chi connectivity index (χ2v) is 8.34. The Bertz CT molecular complexity index is 1150. The molecule has 34 heavy (non-hydrogen) atoms. The van der Waals surface area contributed by atoms with Crippen LogP contribution in [0.1, 0.15) is 46.9 Å². The topological polar surface area (TPSA) is 96.0 Å². The lowest BCUT2D eigenvalue weighted by Gasteiger charge is -2.26. The maximum atomic E-state index is 13.0. The van der Waals surface area contributed by atoms with Crippen molar-refractivity contribution in [2.45, 2.75) is 26.2 Å². The number of carbonyl (C=O) groups excluding carboxylic acids is 4. The summed E-state index contributed by atoms with van der Waals surface area (Å²) >= 11 is 6.19. The van der Waals surface area contributed by atoms with Gasteiger partial charge in [-0.15, -0.1) is 0 Å².